The predicted molar refractivity (Wildman–Crippen MR) is 129 cm³/mol. The summed E-state index contributed by atoms with van der Waals surface area (Å²) in [5.74, 6) is -0.609. The Hall–Kier alpha value is -5.60. The number of carbonyl (C=O) groups excluding carboxylic acids is 1. The first-order valence-corrected chi connectivity index (χ1v) is 10.7. The number of nitrogens with zero attached hydrogens (tertiary/aromatic N) is 5. The summed E-state index contributed by atoms with van der Waals surface area (Å²) in [5.41, 5.74) is -0.622. The monoisotopic (exact) mass is 523 g/mol. The molecule has 0 aromatic heterocycles. The topological polar surface area (TPSA) is 190 Å². The molecule has 0 fully saturated rings. The van der Waals surface area contributed by atoms with Crippen LogP contribution in [0.3, 0.4) is 0 Å². The van der Waals surface area contributed by atoms with Crippen LogP contribution in [0.2, 0.25) is 0 Å². The highest BCUT2D eigenvalue weighted by atomic mass is 16.6. The van der Waals surface area contributed by atoms with Gasteiger partial charge in [-0.2, -0.15) is 5.01 Å². The number of non-ortho nitro benzene ring substituents is 2. The van der Waals surface area contributed by atoms with E-state index in [-0.39, 0.29) is 34.4 Å². The summed E-state index contributed by atoms with van der Waals surface area (Å²) in [6.45, 7) is 1.26. The summed E-state index contributed by atoms with van der Waals surface area (Å²) in [6, 6.07) is 12.9. The molecule has 1 atom stereocenters. The second-order valence-corrected chi connectivity index (χ2v) is 7.72. The molecule has 0 N–H and O–H groups in total. The van der Waals surface area contributed by atoms with Gasteiger partial charge in [0.25, 0.3) is 11.4 Å². The summed E-state index contributed by atoms with van der Waals surface area (Å²) in [7, 11) is 1.32. The summed E-state index contributed by atoms with van der Waals surface area (Å²) in [4.78, 5) is 43.7. The first kappa shape index (κ1) is 25.5. The lowest BCUT2D eigenvalue weighted by Gasteiger charge is -2.20. The summed E-state index contributed by atoms with van der Waals surface area (Å²) in [5, 5.41) is 38.8. The van der Waals surface area contributed by atoms with E-state index in [1.54, 1.807) is 6.07 Å². The highest BCUT2D eigenvalue weighted by molar-refractivity contribution is 5.96. The Balaban J connectivity index is 1.65. The van der Waals surface area contributed by atoms with Gasteiger partial charge in [0.1, 0.15) is 0 Å². The number of carbonyl (C=O) groups is 1. The molecule has 1 heterocycles. The largest absolute Gasteiger partial charge is 0.493 e. The fraction of sp³-hybridized carbons (Fsp3) is 0.130. The lowest BCUT2D eigenvalue weighted by atomic mass is 10.1. The van der Waals surface area contributed by atoms with Crippen LogP contribution in [0.4, 0.5) is 17.1 Å². The van der Waals surface area contributed by atoms with Crippen molar-refractivity contribution < 1.29 is 33.8 Å². The molecule has 3 aromatic carbocycles. The number of benzene rings is 3. The second-order valence-electron chi connectivity index (χ2n) is 7.72. The number of ether oxygens (including phenoxy) is 3. The minimum absolute atomic E-state index is 0.0188. The van der Waals surface area contributed by atoms with E-state index in [4.69, 9.17) is 14.2 Å². The molecule has 0 saturated carbocycles. The third kappa shape index (κ3) is 5.01. The molecule has 1 aliphatic rings. The molecule has 1 aliphatic heterocycles. The first-order valence-electron chi connectivity index (χ1n) is 10.7. The van der Waals surface area contributed by atoms with Gasteiger partial charge in [0.2, 0.25) is 23.8 Å². The number of nitro benzene ring substituents is 3. The van der Waals surface area contributed by atoms with Gasteiger partial charge in [-0.25, -0.2) is 0 Å². The SMILES string of the molecule is COc1cc(C2OC(c3cccc([N+](=O)[O-])c3)=NN2C(C)=O)ccc1Oc1ccc([N+](=O)[O-])cc1[N+](=O)[O-]. The van der Waals surface area contributed by atoms with Crippen molar-refractivity contribution in [3.05, 3.63) is 102 Å². The maximum atomic E-state index is 12.3. The van der Waals surface area contributed by atoms with E-state index >= 15 is 0 Å². The molecular formula is C23H17N5O10. The minimum atomic E-state index is -1.06. The minimum Gasteiger partial charge on any atom is -0.493 e. The van der Waals surface area contributed by atoms with Crippen LogP contribution in [0.1, 0.15) is 24.3 Å². The number of nitro groups is 3. The van der Waals surface area contributed by atoms with Gasteiger partial charge in [-0.1, -0.05) is 6.07 Å². The third-order valence-electron chi connectivity index (χ3n) is 5.31. The quantitative estimate of drug-likeness (QED) is 0.301. The molecule has 0 bridgehead atoms. The highest BCUT2D eigenvalue weighted by Gasteiger charge is 2.34. The van der Waals surface area contributed by atoms with Crippen LogP contribution in [0, 0.1) is 30.3 Å². The number of hydrogen-bond acceptors (Lipinski definition) is 11. The standard InChI is InChI=1S/C23H17N5O10/c1-13(29)25-23(38-22(24-25)14-4-3-5-16(10-14)26(30)31)15-6-8-20(21(11-15)36-2)37-19-9-7-17(27(32)33)12-18(19)28(34)35/h3-12,23H,1-2H3. The van der Waals surface area contributed by atoms with Gasteiger partial charge in [0.05, 0.1) is 27.9 Å². The Morgan fingerprint density at radius 2 is 1.58 bits per heavy atom. The van der Waals surface area contributed by atoms with Gasteiger partial charge < -0.3 is 14.2 Å². The zero-order valence-electron chi connectivity index (χ0n) is 19.7. The predicted octanol–water partition coefficient (Wildman–Crippen LogP) is 4.45. The Morgan fingerprint density at radius 3 is 2.21 bits per heavy atom. The van der Waals surface area contributed by atoms with E-state index in [9.17, 15) is 35.1 Å². The lowest BCUT2D eigenvalue weighted by molar-refractivity contribution is -0.394. The number of rotatable bonds is 8. The van der Waals surface area contributed by atoms with E-state index < -0.39 is 38.3 Å². The average molecular weight is 523 g/mol. The molecule has 0 saturated heterocycles. The Labute approximate surface area is 212 Å². The normalized spacial score (nSPS) is 14.3. The van der Waals surface area contributed by atoms with Crippen molar-refractivity contribution in [3.8, 4) is 17.2 Å². The van der Waals surface area contributed by atoms with Crippen LogP contribution in [0.15, 0.2) is 65.8 Å². The van der Waals surface area contributed by atoms with Crippen molar-refractivity contribution in [1.29, 1.82) is 0 Å². The smallest absolute Gasteiger partial charge is 0.318 e. The van der Waals surface area contributed by atoms with E-state index in [0.717, 1.165) is 23.2 Å². The van der Waals surface area contributed by atoms with Crippen LogP contribution in [-0.4, -0.2) is 38.7 Å². The third-order valence-corrected chi connectivity index (χ3v) is 5.31. The second kappa shape index (κ2) is 10.2. The molecule has 194 valence electrons. The van der Waals surface area contributed by atoms with E-state index in [2.05, 4.69) is 5.10 Å². The van der Waals surface area contributed by atoms with Crippen LogP contribution in [0.25, 0.3) is 0 Å². The van der Waals surface area contributed by atoms with Crippen molar-refractivity contribution >= 4 is 28.9 Å². The Bertz CT molecular complexity index is 1510. The zero-order valence-corrected chi connectivity index (χ0v) is 19.7. The molecule has 0 radical (unpaired) electrons. The summed E-state index contributed by atoms with van der Waals surface area (Å²) >= 11 is 0. The maximum absolute atomic E-state index is 12.3. The van der Waals surface area contributed by atoms with Crippen LogP contribution >= 0.6 is 0 Å². The fourth-order valence-electron chi connectivity index (χ4n) is 3.54. The highest BCUT2D eigenvalue weighted by Crippen LogP contribution is 2.40. The average Bonchev–Trinajstić information content (AvgIpc) is 3.35. The van der Waals surface area contributed by atoms with Gasteiger partial charge in [0.15, 0.2) is 11.5 Å². The van der Waals surface area contributed by atoms with Crippen molar-refractivity contribution in [3.63, 3.8) is 0 Å². The molecular weight excluding hydrogens is 506 g/mol. The van der Waals surface area contributed by atoms with Gasteiger partial charge in [-0.15, -0.1) is 5.10 Å². The van der Waals surface area contributed by atoms with Crippen LogP contribution in [0.5, 0.6) is 17.2 Å². The maximum Gasteiger partial charge on any atom is 0.318 e. The van der Waals surface area contributed by atoms with E-state index in [0.29, 0.717) is 5.56 Å². The molecule has 15 nitrogen and oxygen atoms in total. The van der Waals surface area contributed by atoms with Crippen molar-refractivity contribution in [2.45, 2.75) is 13.2 Å². The van der Waals surface area contributed by atoms with Gasteiger partial charge >= 0.3 is 5.69 Å². The number of hydrazone groups is 1. The first-order chi connectivity index (χ1) is 18.1. The van der Waals surface area contributed by atoms with Gasteiger partial charge in [-0.3, -0.25) is 35.1 Å². The zero-order chi connectivity index (χ0) is 27.6. The summed E-state index contributed by atoms with van der Waals surface area (Å²) < 4.78 is 16.9. The molecule has 0 spiro atoms. The van der Waals surface area contributed by atoms with E-state index in [1.807, 2.05) is 0 Å². The van der Waals surface area contributed by atoms with Crippen LogP contribution in [-0.2, 0) is 9.53 Å². The van der Waals surface area contributed by atoms with Crippen molar-refractivity contribution in [2.24, 2.45) is 5.10 Å². The van der Waals surface area contributed by atoms with Crippen molar-refractivity contribution in [1.82, 2.24) is 5.01 Å². The number of amides is 1. The molecule has 15 heteroatoms. The van der Waals surface area contributed by atoms with Crippen LogP contribution < -0.4 is 9.47 Å². The molecule has 1 unspecified atom stereocenters. The fourth-order valence-corrected chi connectivity index (χ4v) is 3.54. The number of hydrogen-bond donors (Lipinski definition) is 0. The van der Waals surface area contributed by atoms with E-state index in [1.165, 1.54) is 50.4 Å². The Kier molecular flexibility index (Phi) is 6.83. The van der Waals surface area contributed by atoms with Crippen molar-refractivity contribution in [2.75, 3.05) is 7.11 Å². The summed E-state index contributed by atoms with van der Waals surface area (Å²) in [6.07, 6.45) is -1.06. The van der Waals surface area contributed by atoms with Gasteiger partial charge in [0, 0.05) is 36.2 Å². The number of methoxy groups -OCH3 is 1. The molecule has 4 rings (SSSR count). The molecule has 3 aromatic rings. The van der Waals surface area contributed by atoms with Gasteiger partial charge in [-0.05, 0) is 30.3 Å². The molecule has 38 heavy (non-hydrogen) atoms. The molecule has 0 aliphatic carbocycles. The Morgan fingerprint density at radius 1 is 0.895 bits per heavy atom. The lowest BCUT2D eigenvalue weighted by Crippen LogP contribution is -2.25. The molecule has 1 amide bonds.